The highest BCUT2D eigenvalue weighted by Crippen LogP contribution is 2.45. The number of aliphatic hydroxyl groups is 2. The van der Waals surface area contributed by atoms with Crippen molar-refractivity contribution >= 4 is 11.9 Å². The fourth-order valence-electron chi connectivity index (χ4n) is 8.17. The number of esters is 1. The molecule has 5 atom stereocenters. The van der Waals surface area contributed by atoms with E-state index in [2.05, 4.69) is 0 Å². The zero-order valence-corrected chi connectivity index (χ0v) is 32.4. The lowest BCUT2D eigenvalue weighted by atomic mass is 9.75. The number of ether oxygens (including phenoxy) is 7. The van der Waals surface area contributed by atoms with E-state index in [1.54, 1.807) is 43.4 Å². The predicted octanol–water partition coefficient (Wildman–Crippen LogP) is 6.18. The van der Waals surface area contributed by atoms with E-state index in [9.17, 15) is 15.0 Å². The van der Waals surface area contributed by atoms with Gasteiger partial charge in [-0.1, -0.05) is 37.5 Å². The van der Waals surface area contributed by atoms with Crippen LogP contribution in [0.3, 0.4) is 0 Å². The average molecular weight is 762 g/mol. The van der Waals surface area contributed by atoms with E-state index in [-0.39, 0.29) is 30.8 Å². The molecule has 12 heteroatoms. The van der Waals surface area contributed by atoms with Crippen molar-refractivity contribution in [1.29, 1.82) is 0 Å². The number of amides is 1. The summed E-state index contributed by atoms with van der Waals surface area (Å²) in [5.74, 6) is 1.47. The van der Waals surface area contributed by atoms with E-state index in [1.165, 1.54) is 14.2 Å². The van der Waals surface area contributed by atoms with E-state index in [0.29, 0.717) is 65.7 Å². The van der Waals surface area contributed by atoms with Crippen molar-refractivity contribution in [2.45, 2.75) is 94.5 Å². The number of carbonyl (C=O) groups is 2. The van der Waals surface area contributed by atoms with Gasteiger partial charge < -0.3 is 48.3 Å². The number of hydrogen-bond acceptors (Lipinski definition) is 11. The number of methoxy groups -OCH3 is 4. The Labute approximate surface area is 323 Å². The molecule has 3 aliphatic rings. The van der Waals surface area contributed by atoms with Gasteiger partial charge in [0, 0.05) is 6.54 Å². The van der Waals surface area contributed by atoms with Gasteiger partial charge >= 0.3 is 5.97 Å². The summed E-state index contributed by atoms with van der Waals surface area (Å²) in [7, 11) is 6.19. The normalized spacial score (nSPS) is 24.1. The highest BCUT2D eigenvalue weighted by Gasteiger charge is 2.41. The molecule has 3 aromatic carbocycles. The standard InChI is InChI=1S/C43H55NO11/c1-49-36-19-17-27(21-37(36)50-2)16-18-35-29-13-10-14-31(22-29)53-25-33(45)34(46)26-54-39-24-30(23-38(51-3)41(39)52-4)40(28-11-6-5-7-12-28)42(47)44-20-9-8-15-32(44)43(48)55-35/h10,13-14,17,19,21-24,28,32-35,40,45-46H,5-9,11-12,15-16,18,20,25-26H2,1-4H3/t32-,33+,34-,35+,40-/m0/s1. The molecule has 2 N–H and O–H groups in total. The first-order chi connectivity index (χ1) is 26.7. The van der Waals surface area contributed by atoms with Crippen LogP contribution in [0.2, 0.25) is 0 Å². The van der Waals surface area contributed by atoms with Crippen LogP contribution in [0, 0.1) is 5.92 Å². The van der Waals surface area contributed by atoms with Gasteiger partial charge in [-0.2, -0.15) is 0 Å². The number of cyclic esters (lactones) is 1. The maximum Gasteiger partial charge on any atom is 0.329 e. The first-order valence-electron chi connectivity index (χ1n) is 19.4. The highest BCUT2D eigenvalue weighted by molar-refractivity contribution is 5.89. The quantitative estimate of drug-likeness (QED) is 0.254. The molecule has 298 valence electrons. The van der Waals surface area contributed by atoms with Gasteiger partial charge in [0.05, 0.1) is 34.4 Å². The van der Waals surface area contributed by atoms with Crippen LogP contribution in [-0.2, 0) is 20.7 Å². The van der Waals surface area contributed by atoms with Crippen LogP contribution in [0.15, 0.2) is 54.6 Å². The fraction of sp³-hybridized carbons (Fsp3) is 0.535. The molecule has 0 radical (unpaired) electrons. The minimum absolute atomic E-state index is 0.0291. The summed E-state index contributed by atoms with van der Waals surface area (Å²) >= 11 is 0. The highest BCUT2D eigenvalue weighted by atomic mass is 16.6. The number of hydrogen-bond donors (Lipinski definition) is 2. The van der Waals surface area contributed by atoms with Gasteiger partial charge in [-0.05, 0) is 104 Å². The zero-order valence-electron chi connectivity index (χ0n) is 32.4. The van der Waals surface area contributed by atoms with Gasteiger partial charge in [-0.25, -0.2) is 4.79 Å². The number of piperidine rings is 1. The van der Waals surface area contributed by atoms with E-state index in [1.807, 2.05) is 30.3 Å². The second-order valence-corrected chi connectivity index (χ2v) is 14.7. The Morgan fingerprint density at radius 3 is 2.18 bits per heavy atom. The number of rotatable bonds is 8. The summed E-state index contributed by atoms with van der Waals surface area (Å²) < 4.78 is 40.9. The van der Waals surface area contributed by atoms with Crippen molar-refractivity contribution in [1.82, 2.24) is 4.90 Å². The van der Waals surface area contributed by atoms with Crippen molar-refractivity contribution < 1.29 is 53.0 Å². The molecule has 4 bridgehead atoms. The van der Waals surface area contributed by atoms with Gasteiger partial charge in [-0.3, -0.25) is 4.79 Å². The van der Waals surface area contributed by atoms with Crippen LogP contribution in [0.25, 0.3) is 0 Å². The lowest BCUT2D eigenvalue weighted by Crippen LogP contribution is -2.51. The Kier molecular flexibility index (Phi) is 13.7. The lowest BCUT2D eigenvalue weighted by molar-refractivity contribution is -0.163. The smallest absolute Gasteiger partial charge is 0.329 e. The van der Waals surface area contributed by atoms with Crippen LogP contribution >= 0.6 is 0 Å². The third-order valence-electron chi connectivity index (χ3n) is 11.2. The topological polar surface area (TPSA) is 142 Å². The third-order valence-corrected chi connectivity index (χ3v) is 11.2. The first kappa shape index (κ1) is 40.0. The molecule has 1 amide bonds. The molecule has 2 aliphatic heterocycles. The Bertz CT molecular complexity index is 1760. The molecule has 55 heavy (non-hydrogen) atoms. The minimum Gasteiger partial charge on any atom is -0.493 e. The Morgan fingerprint density at radius 1 is 0.727 bits per heavy atom. The van der Waals surface area contributed by atoms with E-state index in [4.69, 9.17) is 33.2 Å². The average Bonchev–Trinajstić information content (AvgIpc) is 3.23. The molecular weight excluding hydrogens is 706 g/mol. The monoisotopic (exact) mass is 761 g/mol. The fourth-order valence-corrected chi connectivity index (χ4v) is 8.17. The first-order valence-corrected chi connectivity index (χ1v) is 19.4. The molecule has 6 rings (SSSR count). The maximum absolute atomic E-state index is 15.1. The molecule has 1 saturated heterocycles. The van der Waals surface area contributed by atoms with Crippen molar-refractivity contribution in [3.8, 4) is 34.5 Å². The van der Waals surface area contributed by atoms with Gasteiger partial charge in [0.2, 0.25) is 11.7 Å². The van der Waals surface area contributed by atoms with Gasteiger partial charge in [0.15, 0.2) is 23.0 Å². The summed E-state index contributed by atoms with van der Waals surface area (Å²) in [6.07, 6.45) is 4.58. The van der Waals surface area contributed by atoms with Crippen molar-refractivity contribution in [3.63, 3.8) is 0 Å². The number of aliphatic hydroxyl groups excluding tert-OH is 2. The molecule has 0 aromatic heterocycles. The molecule has 1 aliphatic carbocycles. The summed E-state index contributed by atoms with van der Waals surface area (Å²) in [4.78, 5) is 31.3. The van der Waals surface area contributed by atoms with E-state index in [0.717, 1.165) is 50.5 Å². The predicted molar refractivity (Wildman–Crippen MR) is 204 cm³/mol. The number of carbonyl (C=O) groups excluding carboxylic acids is 2. The molecule has 0 spiro atoms. The van der Waals surface area contributed by atoms with E-state index < -0.39 is 36.2 Å². The Hall–Kier alpha value is -4.68. The number of benzene rings is 3. The summed E-state index contributed by atoms with van der Waals surface area (Å²) in [5, 5.41) is 21.9. The summed E-state index contributed by atoms with van der Waals surface area (Å²) in [5.41, 5.74) is 2.35. The van der Waals surface area contributed by atoms with Crippen molar-refractivity contribution in [2.75, 3.05) is 48.2 Å². The van der Waals surface area contributed by atoms with Crippen LogP contribution in [0.1, 0.15) is 86.5 Å². The van der Waals surface area contributed by atoms with Crippen LogP contribution in [0.5, 0.6) is 34.5 Å². The van der Waals surface area contributed by atoms with Crippen LogP contribution in [-0.4, -0.2) is 93.4 Å². The number of nitrogens with zero attached hydrogens (tertiary/aromatic N) is 1. The van der Waals surface area contributed by atoms with Gasteiger partial charge in [0.1, 0.15) is 43.3 Å². The van der Waals surface area contributed by atoms with E-state index >= 15 is 4.79 Å². The zero-order chi connectivity index (χ0) is 38.9. The minimum atomic E-state index is -1.32. The lowest BCUT2D eigenvalue weighted by Gasteiger charge is -2.40. The Balaban J connectivity index is 1.40. The molecule has 0 unspecified atom stereocenters. The van der Waals surface area contributed by atoms with Crippen molar-refractivity contribution in [2.24, 2.45) is 5.92 Å². The second-order valence-electron chi connectivity index (χ2n) is 14.7. The van der Waals surface area contributed by atoms with Crippen LogP contribution < -0.4 is 28.4 Å². The molecular formula is C43H55NO11. The van der Waals surface area contributed by atoms with Crippen LogP contribution in [0.4, 0.5) is 0 Å². The molecule has 2 heterocycles. The largest absolute Gasteiger partial charge is 0.493 e. The number of aryl methyl sites for hydroxylation is 1. The van der Waals surface area contributed by atoms with Gasteiger partial charge in [0.25, 0.3) is 0 Å². The summed E-state index contributed by atoms with van der Waals surface area (Å²) in [6, 6.07) is 15.7. The SMILES string of the molecule is COc1ccc(CC[C@H]2OC(=O)[C@@H]3CCCCN3C(=O)[C@@H](C3CCCCC3)c3cc(OC)c(OC)c(c3)OC[C@H](O)[C@H](O)COc3cccc2c3)cc1OC. The molecule has 3 aromatic rings. The third kappa shape index (κ3) is 9.41. The van der Waals surface area contributed by atoms with Gasteiger partial charge in [-0.15, -0.1) is 0 Å². The second kappa shape index (κ2) is 18.8. The van der Waals surface area contributed by atoms with Crippen molar-refractivity contribution in [3.05, 3.63) is 71.3 Å². The summed E-state index contributed by atoms with van der Waals surface area (Å²) in [6.45, 7) is -0.0631. The molecule has 12 nitrogen and oxygen atoms in total. The number of fused-ring (bicyclic) bond motifs is 5. The maximum atomic E-state index is 15.1. The Morgan fingerprint density at radius 2 is 1.45 bits per heavy atom. The molecule has 1 saturated carbocycles. The molecule has 2 fully saturated rings.